The topological polar surface area (TPSA) is 55.1 Å². The Morgan fingerprint density at radius 2 is 1.79 bits per heavy atom. The van der Waals surface area contributed by atoms with Crippen molar-refractivity contribution in [2.45, 2.75) is 0 Å². The molecule has 0 unspecified atom stereocenters. The van der Waals surface area contributed by atoms with Crippen LogP contribution < -0.4 is 0 Å². The van der Waals surface area contributed by atoms with Crippen LogP contribution in [-0.4, -0.2) is 20.6 Å². The first kappa shape index (κ1) is 14.4. The fourth-order valence-corrected chi connectivity index (χ4v) is 3.12. The fraction of sp³-hybridized carbons (Fsp3) is 0.0526. The maximum atomic E-state index is 13.3. The molecule has 0 aliphatic heterocycles. The normalized spacial score (nSPS) is 11.2. The van der Waals surface area contributed by atoms with E-state index in [0.717, 1.165) is 21.8 Å². The smallest absolute Gasteiger partial charge is 0.354 e. The van der Waals surface area contributed by atoms with Crippen LogP contribution in [0, 0.1) is 5.82 Å². The second-order valence-corrected chi connectivity index (χ2v) is 5.64. The molecule has 0 aliphatic rings. The van der Waals surface area contributed by atoms with Crippen LogP contribution in [0.15, 0.2) is 54.6 Å². The first-order valence-corrected chi connectivity index (χ1v) is 7.43. The molecule has 5 heteroatoms. The number of hydrogen-bond acceptors (Lipinski definition) is 2. The molecule has 24 heavy (non-hydrogen) atoms. The van der Waals surface area contributed by atoms with E-state index in [-0.39, 0.29) is 11.5 Å². The van der Waals surface area contributed by atoms with Crippen molar-refractivity contribution in [3.63, 3.8) is 0 Å². The van der Waals surface area contributed by atoms with Crippen LogP contribution in [0.1, 0.15) is 10.5 Å². The van der Waals surface area contributed by atoms with Gasteiger partial charge < -0.3 is 9.67 Å². The number of carboxylic acids is 1. The molecule has 0 aliphatic carbocycles. The summed E-state index contributed by atoms with van der Waals surface area (Å²) in [7, 11) is 1.92. The van der Waals surface area contributed by atoms with Crippen LogP contribution in [0.2, 0.25) is 0 Å². The molecule has 2 heterocycles. The SMILES string of the molecule is Cn1c2ccccc2c2cc(C(=O)O)nc(-c3ccc(F)cc3)c21. The fourth-order valence-electron chi connectivity index (χ4n) is 3.12. The second-order valence-electron chi connectivity index (χ2n) is 5.64. The van der Waals surface area contributed by atoms with E-state index in [1.807, 2.05) is 35.9 Å². The van der Waals surface area contributed by atoms with Crippen molar-refractivity contribution in [1.29, 1.82) is 0 Å². The number of aromatic carboxylic acids is 1. The molecular weight excluding hydrogens is 307 g/mol. The van der Waals surface area contributed by atoms with Gasteiger partial charge in [0.25, 0.3) is 0 Å². The lowest BCUT2D eigenvalue weighted by Gasteiger charge is -2.07. The van der Waals surface area contributed by atoms with E-state index in [1.165, 1.54) is 12.1 Å². The molecule has 0 saturated carbocycles. The molecule has 0 spiro atoms. The Balaban J connectivity index is 2.18. The van der Waals surface area contributed by atoms with Crippen molar-refractivity contribution in [3.05, 3.63) is 66.1 Å². The Hall–Kier alpha value is -3.21. The number of carbonyl (C=O) groups is 1. The van der Waals surface area contributed by atoms with Crippen molar-refractivity contribution in [2.75, 3.05) is 0 Å². The molecular formula is C19H13FN2O2. The maximum absolute atomic E-state index is 13.3. The predicted molar refractivity (Wildman–Crippen MR) is 90.6 cm³/mol. The zero-order valence-electron chi connectivity index (χ0n) is 12.8. The van der Waals surface area contributed by atoms with E-state index in [4.69, 9.17) is 0 Å². The molecule has 118 valence electrons. The lowest BCUT2D eigenvalue weighted by atomic mass is 10.1. The highest BCUT2D eigenvalue weighted by atomic mass is 19.1. The second kappa shape index (κ2) is 5.16. The van der Waals surface area contributed by atoms with Gasteiger partial charge in [0.15, 0.2) is 0 Å². The van der Waals surface area contributed by atoms with Gasteiger partial charge in [0.05, 0.1) is 11.2 Å². The number of pyridine rings is 1. The monoisotopic (exact) mass is 320 g/mol. The number of carboxylic acid groups (broad SMARTS) is 1. The van der Waals surface area contributed by atoms with Crippen LogP contribution in [0.25, 0.3) is 33.1 Å². The maximum Gasteiger partial charge on any atom is 0.354 e. The van der Waals surface area contributed by atoms with Crippen molar-refractivity contribution in [2.24, 2.45) is 7.05 Å². The van der Waals surface area contributed by atoms with Gasteiger partial charge in [-0.2, -0.15) is 0 Å². The van der Waals surface area contributed by atoms with Gasteiger partial charge >= 0.3 is 5.97 Å². The molecule has 0 radical (unpaired) electrons. The van der Waals surface area contributed by atoms with Gasteiger partial charge in [-0.15, -0.1) is 0 Å². The third-order valence-corrected chi connectivity index (χ3v) is 4.22. The highest BCUT2D eigenvalue weighted by molar-refractivity contribution is 6.13. The van der Waals surface area contributed by atoms with E-state index < -0.39 is 5.97 Å². The number of fused-ring (bicyclic) bond motifs is 3. The molecule has 0 fully saturated rings. The molecule has 4 rings (SSSR count). The van der Waals surface area contributed by atoms with Gasteiger partial charge in [0.2, 0.25) is 0 Å². The molecule has 4 nitrogen and oxygen atoms in total. The van der Waals surface area contributed by atoms with Gasteiger partial charge in [-0.25, -0.2) is 14.2 Å². The minimum absolute atomic E-state index is 0.0295. The number of para-hydroxylation sites is 1. The zero-order valence-corrected chi connectivity index (χ0v) is 12.8. The summed E-state index contributed by atoms with van der Waals surface area (Å²) in [5, 5.41) is 11.2. The van der Waals surface area contributed by atoms with Gasteiger partial charge in [-0.3, -0.25) is 0 Å². The summed E-state index contributed by atoms with van der Waals surface area (Å²) in [6.07, 6.45) is 0. The van der Waals surface area contributed by atoms with Gasteiger partial charge in [0.1, 0.15) is 11.5 Å². The van der Waals surface area contributed by atoms with Crippen LogP contribution >= 0.6 is 0 Å². The third-order valence-electron chi connectivity index (χ3n) is 4.22. The van der Waals surface area contributed by atoms with Gasteiger partial charge in [-0.1, -0.05) is 18.2 Å². The number of aryl methyl sites for hydroxylation is 1. The lowest BCUT2D eigenvalue weighted by Crippen LogP contribution is -2.03. The number of hydrogen-bond donors (Lipinski definition) is 1. The Labute approximate surface area is 136 Å². The Morgan fingerprint density at radius 1 is 1.08 bits per heavy atom. The Morgan fingerprint density at radius 3 is 2.50 bits per heavy atom. The number of rotatable bonds is 2. The van der Waals surface area contributed by atoms with Crippen molar-refractivity contribution in [3.8, 4) is 11.3 Å². The molecule has 0 bridgehead atoms. The van der Waals surface area contributed by atoms with Crippen molar-refractivity contribution < 1.29 is 14.3 Å². The number of benzene rings is 2. The molecule has 0 atom stereocenters. The largest absolute Gasteiger partial charge is 0.477 e. The van der Waals surface area contributed by atoms with E-state index in [2.05, 4.69) is 4.98 Å². The standard InChI is InChI=1S/C19H13FN2O2/c1-22-16-5-3-2-4-13(16)14-10-15(19(23)24)21-17(18(14)22)11-6-8-12(20)9-7-11/h2-10H,1H3,(H,23,24). The highest BCUT2D eigenvalue weighted by Crippen LogP contribution is 2.34. The van der Waals surface area contributed by atoms with Crippen LogP contribution in [-0.2, 0) is 7.05 Å². The molecule has 0 amide bonds. The molecule has 2 aromatic carbocycles. The third kappa shape index (κ3) is 2.06. The highest BCUT2D eigenvalue weighted by Gasteiger charge is 2.18. The van der Waals surface area contributed by atoms with Crippen LogP contribution in [0.5, 0.6) is 0 Å². The molecule has 2 aromatic heterocycles. The molecule has 4 aromatic rings. The summed E-state index contributed by atoms with van der Waals surface area (Å²) in [5.41, 5.74) is 2.99. The minimum Gasteiger partial charge on any atom is -0.477 e. The lowest BCUT2D eigenvalue weighted by molar-refractivity contribution is 0.0691. The minimum atomic E-state index is -1.09. The summed E-state index contributed by atoms with van der Waals surface area (Å²) in [6.45, 7) is 0. The number of aromatic nitrogens is 2. The molecule has 0 saturated heterocycles. The van der Waals surface area contributed by atoms with Crippen LogP contribution in [0.3, 0.4) is 0 Å². The first-order chi connectivity index (χ1) is 11.6. The summed E-state index contributed by atoms with van der Waals surface area (Å²) in [4.78, 5) is 15.8. The van der Waals surface area contributed by atoms with E-state index >= 15 is 0 Å². The number of nitrogens with zero attached hydrogens (tertiary/aromatic N) is 2. The van der Waals surface area contributed by atoms with Crippen LogP contribution in [0.4, 0.5) is 4.39 Å². The van der Waals surface area contributed by atoms with Crippen molar-refractivity contribution in [1.82, 2.24) is 9.55 Å². The summed E-state index contributed by atoms with van der Waals surface area (Å²) < 4.78 is 15.2. The first-order valence-electron chi connectivity index (χ1n) is 7.43. The number of halogens is 1. The Bertz CT molecular complexity index is 1100. The van der Waals surface area contributed by atoms with E-state index in [0.29, 0.717) is 11.3 Å². The van der Waals surface area contributed by atoms with E-state index in [9.17, 15) is 14.3 Å². The zero-order chi connectivity index (χ0) is 16.8. The Kier molecular flexibility index (Phi) is 3.09. The summed E-state index contributed by atoms with van der Waals surface area (Å²) >= 11 is 0. The average molecular weight is 320 g/mol. The summed E-state index contributed by atoms with van der Waals surface area (Å²) in [6, 6.07) is 15.3. The van der Waals surface area contributed by atoms with Gasteiger partial charge in [0, 0.05) is 28.9 Å². The van der Waals surface area contributed by atoms with Gasteiger partial charge in [-0.05, 0) is 36.4 Å². The average Bonchev–Trinajstić information content (AvgIpc) is 2.88. The predicted octanol–water partition coefficient (Wildman–Crippen LogP) is 4.23. The quantitative estimate of drug-likeness (QED) is 0.601. The van der Waals surface area contributed by atoms with Crippen molar-refractivity contribution >= 4 is 27.8 Å². The van der Waals surface area contributed by atoms with E-state index in [1.54, 1.807) is 18.2 Å². The summed E-state index contributed by atoms with van der Waals surface area (Å²) in [5.74, 6) is -1.44. The molecule has 1 N–H and O–H groups in total.